The Morgan fingerprint density at radius 1 is 1.10 bits per heavy atom. The quantitative estimate of drug-likeness (QED) is 0.534. The fraction of sp³-hybridized carbons (Fsp3) is 0.250. The van der Waals surface area contributed by atoms with Crippen LogP contribution in [0.4, 0.5) is 0 Å². The lowest BCUT2D eigenvalue weighted by molar-refractivity contribution is 0.340. The van der Waals surface area contributed by atoms with E-state index in [-0.39, 0.29) is 5.38 Å². The van der Waals surface area contributed by atoms with Gasteiger partial charge in [-0.05, 0) is 48.7 Å². The van der Waals surface area contributed by atoms with E-state index in [1.165, 1.54) is 0 Å². The van der Waals surface area contributed by atoms with Crippen molar-refractivity contribution in [2.24, 2.45) is 0 Å². The SMILES string of the molecule is CCOc1ccc(C(Cl)c2cccc(Br)c2C)c(Br)c1. The predicted molar refractivity (Wildman–Crippen MR) is 91.9 cm³/mol. The highest BCUT2D eigenvalue weighted by Gasteiger charge is 2.17. The lowest BCUT2D eigenvalue weighted by Crippen LogP contribution is -1.99. The zero-order valence-corrected chi connectivity index (χ0v) is 15.2. The van der Waals surface area contributed by atoms with E-state index in [9.17, 15) is 0 Å². The maximum Gasteiger partial charge on any atom is 0.120 e. The summed E-state index contributed by atoms with van der Waals surface area (Å²) in [6.45, 7) is 4.69. The molecule has 0 heterocycles. The Labute approximate surface area is 141 Å². The molecule has 1 unspecified atom stereocenters. The van der Waals surface area contributed by atoms with Crippen molar-refractivity contribution in [2.75, 3.05) is 6.61 Å². The van der Waals surface area contributed by atoms with Gasteiger partial charge in [0.2, 0.25) is 0 Å². The Morgan fingerprint density at radius 3 is 2.50 bits per heavy atom. The molecular formula is C16H15Br2ClO. The molecule has 0 aromatic heterocycles. The summed E-state index contributed by atoms with van der Waals surface area (Å²) >= 11 is 13.8. The molecular weight excluding hydrogens is 403 g/mol. The van der Waals surface area contributed by atoms with Crippen molar-refractivity contribution in [1.29, 1.82) is 0 Å². The van der Waals surface area contributed by atoms with Crippen molar-refractivity contribution < 1.29 is 4.74 Å². The number of ether oxygens (including phenoxy) is 1. The number of hydrogen-bond acceptors (Lipinski definition) is 1. The molecule has 0 saturated heterocycles. The molecule has 1 atom stereocenters. The summed E-state index contributed by atoms with van der Waals surface area (Å²) < 4.78 is 7.52. The molecule has 0 saturated carbocycles. The van der Waals surface area contributed by atoms with Gasteiger partial charge in [-0.3, -0.25) is 0 Å². The molecule has 20 heavy (non-hydrogen) atoms. The Morgan fingerprint density at radius 2 is 1.85 bits per heavy atom. The largest absolute Gasteiger partial charge is 0.494 e. The fourth-order valence-corrected chi connectivity index (χ4v) is 3.56. The van der Waals surface area contributed by atoms with Crippen molar-refractivity contribution in [3.05, 3.63) is 62.0 Å². The van der Waals surface area contributed by atoms with Crippen LogP contribution in [0.1, 0.15) is 29.0 Å². The molecule has 0 aliphatic carbocycles. The molecule has 1 nitrogen and oxygen atoms in total. The molecule has 2 aromatic rings. The molecule has 4 heteroatoms. The fourth-order valence-electron chi connectivity index (χ4n) is 2.04. The van der Waals surface area contributed by atoms with Crippen LogP contribution in [-0.2, 0) is 0 Å². The van der Waals surface area contributed by atoms with Crippen molar-refractivity contribution in [1.82, 2.24) is 0 Å². The van der Waals surface area contributed by atoms with Crippen LogP contribution in [0.15, 0.2) is 45.3 Å². The third-order valence-corrected chi connectivity index (χ3v) is 5.15. The Bertz CT molecular complexity index is 613. The topological polar surface area (TPSA) is 9.23 Å². The lowest BCUT2D eigenvalue weighted by atomic mass is 10.00. The van der Waals surface area contributed by atoms with Crippen LogP contribution in [0.2, 0.25) is 0 Å². The Kier molecular flexibility index (Phi) is 5.53. The zero-order chi connectivity index (χ0) is 14.7. The maximum atomic E-state index is 6.65. The number of hydrogen-bond donors (Lipinski definition) is 0. The summed E-state index contributed by atoms with van der Waals surface area (Å²) in [5, 5.41) is -0.197. The van der Waals surface area contributed by atoms with Crippen LogP contribution in [-0.4, -0.2) is 6.61 Å². The second-order valence-electron chi connectivity index (χ2n) is 4.43. The van der Waals surface area contributed by atoms with Gasteiger partial charge in [0.1, 0.15) is 5.75 Å². The summed E-state index contributed by atoms with van der Waals surface area (Å²) in [5.41, 5.74) is 3.30. The summed E-state index contributed by atoms with van der Waals surface area (Å²) in [4.78, 5) is 0. The summed E-state index contributed by atoms with van der Waals surface area (Å²) in [5.74, 6) is 0.845. The lowest BCUT2D eigenvalue weighted by Gasteiger charge is -2.16. The standard InChI is InChI=1S/C16H15Br2ClO/c1-3-20-11-7-8-13(15(18)9-11)16(19)12-5-4-6-14(17)10(12)2/h4-9,16H,3H2,1-2H3. The van der Waals surface area contributed by atoms with Gasteiger partial charge in [0, 0.05) is 8.95 Å². The van der Waals surface area contributed by atoms with Gasteiger partial charge in [-0.25, -0.2) is 0 Å². The van der Waals surface area contributed by atoms with Crippen molar-refractivity contribution in [2.45, 2.75) is 19.2 Å². The van der Waals surface area contributed by atoms with E-state index in [1.54, 1.807) is 0 Å². The molecule has 106 valence electrons. The van der Waals surface area contributed by atoms with Gasteiger partial charge in [-0.2, -0.15) is 0 Å². The first-order chi connectivity index (χ1) is 9.54. The molecule has 0 aliphatic rings. The molecule has 2 aromatic carbocycles. The normalized spacial score (nSPS) is 12.2. The summed E-state index contributed by atoms with van der Waals surface area (Å²) in [6, 6.07) is 12.0. The second kappa shape index (κ2) is 6.97. The van der Waals surface area contributed by atoms with Crippen LogP contribution in [0, 0.1) is 6.92 Å². The molecule has 0 amide bonds. The van der Waals surface area contributed by atoms with E-state index in [0.29, 0.717) is 6.61 Å². The van der Waals surface area contributed by atoms with Gasteiger partial charge in [0.15, 0.2) is 0 Å². The first-order valence-electron chi connectivity index (χ1n) is 6.36. The zero-order valence-electron chi connectivity index (χ0n) is 11.3. The van der Waals surface area contributed by atoms with Gasteiger partial charge in [0.05, 0.1) is 12.0 Å². The van der Waals surface area contributed by atoms with Gasteiger partial charge in [-0.1, -0.05) is 50.1 Å². The van der Waals surface area contributed by atoms with E-state index in [2.05, 4.69) is 44.8 Å². The van der Waals surface area contributed by atoms with E-state index < -0.39 is 0 Å². The third-order valence-electron chi connectivity index (χ3n) is 3.14. The van der Waals surface area contributed by atoms with E-state index in [1.807, 2.05) is 37.3 Å². The highest BCUT2D eigenvalue weighted by Crippen LogP contribution is 2.38. The van der Waals surface area contributed by atoms with Crippen molar-refractivity contribution >= 4 is 43.5 Å². The van der Waals surface area contributed by atoms with Gasteiger partial charge in [0.25, 0.3) is 0 Å². The minimum absolute atomic E-state index is 0.197. The highest BCUT2D eigenvalue weighted by atomic mass is 79.9. The first-order valence-corrected chi connectivity index (χ1v) is 8.38. The molecule has 0 spiro atoms. The predicted octanol–water partition coefficient (Wildman–Crippen LogP) is 6.25. The smallest absolute Gasteiger partial charge is 0.120 e. The molecule has 0 fully saturated rings. The van der Waals surface area contributed by atoms with Crippen LogP contribution in [0.25, 0.3) is 0 Å². The average molecular weight is 419 g/mol. The molecule has 2 rings (SSSR count). The van der Waals surface area contributed by atoms with Crippen LogP contribution in [0.5, 0.6) is 5.75 Å². The van der Waals surface area contributed by atoms with E-state index >= 15 is 0 Å². The third kappa shape index (κ3) is 3.38. The number of benzene rings is 2. The van der Waals surface area contributed by atoms with Gasteiger partial charge < -0.3 is 4.74 Å². The van der Waals surface area contributed by atoms with Crippen molar-refractivity contribution in [3.63, 3.8) is 0 Å². The van der Waals surface area contributed by atoms with Crippen LogP contribution in [0.3, 0.4) is 0 Å². The van der Waals surface area contributed by atoms with Crippen molar-refractivity contribution in [3.8, 4) is 5.75 Å². The summed E-state index contributed by atoms with van der Waals surface area (Å²) in [6.07, 6.45) is 0. The van der Waals surface area contributed by atoms with Crippen LogP contribution >= 0.6 is 43.5 Å². The Hall–Kier alpha value is -0.510. The van der Waals surface area contributed by atoms with Gasteiger partial charge in [-0.15, -0.1) is 11.6 Å². The van der Waals surface area contributed by atoms with Gasteiger partial charge >= 0.3 is 0 Å². The molecule has 0 bridgehead atoms. The first kappa shape index (κ1) is 15.9. The van der Waals surface area contributed by atoms with Crippen LogP contribution < -0.4 is 4.74 Å². The Balaban J connectivity index is 2.38. The monoisotopic (exact) mass is 416 g/mol. The van der Waals surface area contributed by atoms with E-state index in [0.717, 1.165) is 31.4 Å². The second-order valence-corrected chi connectivity index (χ2v) is 6.58. The molecule has 0 aliphatic heterocycles. The number of halogens is 3. The molecule has 0 N–H and O–H groups in total. The maximum absolute atomic E-state index is 6.65. The average Bonchev–Trinajstić information content (AvgIpc) is 2.42. The number of rotatable bonds is 4. The minimum Gasteiger partial charge on any atom is -0.494 e. The molecule has 0 radical (unpaired) electrons. The highest BCUT2D eigenvalue weighted by molar-refractivity contribution is 9.10. The number of alkyl halides is 1. The summed E-state index contributed by atoms with van der Waals surface area (Å²) in [7, 11) is 0. The van der Waals surface area contributed by atoms with E-state index in [4.69, 9.17) is 16.3 Å². The minimum atomic E-state index is -0.197.